The lowest BCUT2D eigenvalue weighted by Gasteiger charge is -2.57. The number of aromatic hydroxyl groups is 1. The highest BCUT2D eigenvalue weighted by Crippen LogP contribution is 2.47. The van der Waals surface area contributed by atoms with E-state index in [1.807, 2.05) is 19.2 Å². The Morgan fingerprint density at radius 2 is 2.19 bits per heavy atom. The first-order valence-corrected chi connectivity index (χ1v) is 11.6. The molecule has 2 aromatic carbocycles. The van der Waals surface area contributed by atoms with Gasteiger partial charge in [-0.2, -0.15) is 0 Å². The molecule has 6 nitrogen and oxygen atoms in total. The summed E-state index contributed by atoms with van der Waals surface area (Å²) in [5.41, 5.74) is 2.98. The van der Waals surface area contributed by atoms with Gasteiger partial charge >= 0.3 is 0 Å². The Morgan fingerprint density at radius 3 is 3.00 bits per heavy atom. The molecule has 3 aromatic rings. The summed E-state index contributed by atoms with van der Waals surface area (Å²) in [7, 11) is 4.15. The zero-order valence-electron chi connectivity index (χ0n) is 18.4. The van der Waals surface area contributed by atoms with Crippen molar-refractivity contribution in [2.24, 2.45) is 0 Å². The number of phenols is 1. The summed E-state index contributed by atoms with van der Waals surface area (Å²) < 4.78 is 14.2. The van der Waals surface area contributed by atoms with Crippen LogP contribution in [0, 0.1) is 5.82 Å². The topological polar surface area (TPSA) is 68.7 Å². The van der Waals surface area contributed by atoms with Crippen LogP contribution >= 0.6 is 11.3 Å². The van der Waals surface area contributed by atoms with E-state index in [1.54, 1.807) is 12.1 Å². The Morgan fingerprint density at radius 1 is 1.38 bits per heavy atom. The second-order valence-electron chi connectivity index (χ2n) is 9.30. The van der Waals surface area contributed by atoms with Crippen molar-refractivity contribution < 1.29 is 14.3 Å². The fourth-order valence-electron chi connectivity index (χ4n) is 5.66. The molecule has 32 heavy (non-hydrogen) atoms. The van der Waals surface area contributed by atoms with Gasteiger partial charge in [-0.1, -0.05) is 24.3 Å². The standard InChI is InChI=1S/C24H27FN4O2S/c1-24-8-9-28(2)19(10-14-4-6-16(30)12-17(14)24)22(24)29(3)13-21(31)27-23-26-18-7-5-15(25)11-20(18)32-23/h4-7,11-12,19,22,30H,8-10,13H2,1-3H3,(H,26,27,31)/t19-,22+,24-/m1/s1. The molecule has 8 heteroatoms. The molecule has 5 rings (SSSR count). The summed E-state index contributed by atoms with van der Waals surface area (Å²) in [5, 5.41) is 13.5. The first-order chi connectivity index (χ1) is 15.2. The van der Waals surface area contributed by atoms with Gasteiger partial charge in [0.05, 0.1) is 16.8 Å². The predicted octanol–water partition coefficient (Wildman–Crippen LogP) is 3.60. The van der Waals surface area contributed by atoms with Gasteiger partial charge in [0.15, 0.2) is 5.13 Å². The molecule has 1 fully saturated rings. The SMILES string of the molecule is CN1CC[C@]2(C)c3cc(O)ccc3C[C@@H]1[C@@H]2N(C)CC(=O)Nc1nc2ccc(F)cc2s1. The number of anilines is 1. The molecule has 0 radical (unpaired) electrons. The van der Waals surface area contributed by atoms with Crippen molar-refractivity contribution >= 4 is 32.6 Å². The molecule has 1 saturated heterocycles. The lowest BCUT2D eigenvalue weighted by Crippen LogP contribution is -2.67. The van der Waals surface area contributed by atoms with Crippen LogP contribution in [0.5, 0.6) is 5.75 Å². The molecular formula is C24H27FN4O2S. The highest BCUT2D eigenvalue weighted by Gasteiger charge is 2.51. The number of likely N-dealkylation sites (tertiary alicyclic amines) is 1. The third kappa shape index (κ3) is 3.56. The fourth-order valence-corrected chi connectivity index (χ4v) is 6.57. The summed E-state index contributed by atoms with van der Waals surface area (Å²) in [6, 6.07) is 10.5. The number of hydrogen-bond acceptors (Lipinski definition) is 6. The summed E-state index contributed by atoms with van der Waals surface area (Å²) in [5.74, 6) is -0.168. The Balaban J connectivity index is 1.37. The molecule has 2 bridgehead atoms. The molecule has 0 unspecified atom stereocenters. The first-order valence-electron chi connectivity index (χ1n) is 10.8. The lowest BCUT2D eigenvalue weighted by atomic mass is 9.61. The number of thiazole rings is 1. The third-order valence-corrected chi connectivity index (χ3v) is 8.10. The molecule has 1 aromatic heterocycles. The van der Waals surface area contributed by atoms with E-state index in [9.17, 15) is 14.3 Å². The number of benzene rings is 2. The number of carbonyl (C=O) groups is 1. The van der Waals surface area contributed by atoms with E-state index < -0.39 is 0 Å². The number of halogens is 1. The predicted molar refractivity (Wildman–Crippen MR) is 125 cm³/mol. The van der Waals surface area contributed by atoms with Gasteiger partial charge < -0.3 is 15.3 Å². The van der Waals surface area contributed by atoms with Crippen LogP contribution in [0.15, 0.2) is 36.4 Å². The van der Waals surface area contributed by atoms with Gasteiger partial charge in [0, 0.05) is 17.5 Å². The lowest BCUT2D eigenvalue weighted by molar-refractivity contribution is -0.118. The maximum atomic E-state index is 13.5. The molecule has 1 amide bonds. The van der Waals surface area contributed by atoms with Crippen LogP contribution in [-0.4, -0.2) is 65.1 Å². The van der Waals surface area contributed by atoms with Gasteiger partial charge in [-0.15, -0.1) is 0 Å². The average Bonchev–Trinajstić information content (AvgIpc) is 3.12. The number of fused-ring (bicyclic) bond motifs is 5. The maximum absolute atomic E-state index is 13.5. The van der Waals surface area contributed by atoms with Crippen molar-refractivity contribution in [3.05, 3.63) is 53.3 Å². The Labute approximate surface area is 190 Å². The minimum Gasteiger partial charge on any atom is -0.508 e. The van der Waals surface area contributed by atoms with Crippen molar-refractivity contribution in [3.63, 3.8) is 0 Å². The van der Waals surface area contributed by atoms with Crippen LogP contribution in [0.4, 0.5) is 9.52 Å². The number of nitrogens with one attached hydrogen (secondary N) is 1. The van der Waals surface area contributed by atoms with E-state index >= 15 is 0 Å². The number of aromatic nitrogens is 1. The molecular weight excluding hydrogens is 427 g/mol. The van der Waals surface area contributed by atoms with E-state index in [-0.39, 0.29) is 41.5 Å². The van der Waals surface area contributed by atoms with Gasteiger partial charge in [0.25, 0.3) is 0 Å². The highest BCUT2D eigenvalue weighted by molar-refractivity contribution is 7.22. The van der Waals surface area contributed by atoms with Crippen molar-refractivity contribution in [2.75, 3.05) is 32.5 Å². The van der Waals surface area contributed by atoms with Gasteiger partial charge in [-0.05, 0) is 74.9 Å². The number of carbonyl (C=O) groups excluding carboxylic acids is 1. The second kappa shape index (κ2) is 7.79. The van der Waals surface area contributed by atoms with E-state index in [4.69, 9.17) is 0 Å². The molecule has 2 aliphatic rings. The second-order valence-corrected chi connectivity index (χ2v) is 10.3. The van der Waals surface area contributed by atoms with Crippen molar-refractivity contribution in [2.45, 2.75) is 37.3 Å². The number of piperidine rings is 1. The summed E-state index contributed by atoms with van der Waals surface area (Å²) in [6.07, 6.45) is 1.85. The van der Waals surface area contributed by atoms with Crippen LogP contribution in [0.1, 0.15) is 24.5 Å². The van der Waals surface area contributed by atoms with Crippen molar-refractivity contribution in [1.82, 2.24) is 14.8 Å². The molecule has 1 aliphatic carbocycles. The zero-order valence-corrected chi connectivity index (χ0v) is 19.2. The highest BCUT2D eigenvalue weighted by atomic mass is 32.1. The average molecular weight is 455 g/mol. The van der Waals surface area contributed by atoms with Gasteiger partial charge in [-0.3, -0.25) is 9.69 Å². The van der Waals surface area contributed by atoms with Crippen LogP contribution in [0.25, 0.3) is 10.2 Å². The zero-order chi connectivity index (χ0) is 22.6. The normalized spacial score (nSPS) is 25.2. The van der Waals surface area contributed by atoms with E-state index in [1.165, 1.54) is 34.6 Å². The Bertz CT molecular complexity index is 1200. The summed E-state index contributed by atoms with van der Waals surface area (Å²) in [6.45, 7) is 3.46. The van der Waals surface area contributed by atoms with Crippen LogP contribution < -0.4 is 5.32 Å². The minimum atomic E-state index is -0.314. The Hall–Kier alpha value is -2.55. The number of nitrogens with zero attached hydrogens (tertiary/aromatic N) is 3. The number of amides is 1. The monoisotopic (exact) mass is 454 g/mol. The van der Waals surface area contributed by atoms with E-state index in [2.05, 4.69) is 34.1 Å². The minimum absolute atomic E-state index is 0.130. The van der Waals surface area contributed by atoms with Crippen LogP contribution in [0.2, 0.25) is 0 Å². The maximum Gasteiger partial charge on any atom is 0.240 e. The molecule has 2 N–H and O–H groups in total. The Kier molecular flexibility index (Phi) is 5.19. The van der Waals surface area contributed by atoms with Crippen molar-refractivity contribution in [1.29, 1.82) is 0 Å². The summed E-state index contributed by atoms with van der Waals surface area (Å²) in [4.78, 5) is 21.8. The quantitative estimate of drug-likeness (QED) is 0.631. The third-order valence-electron chi connectivity index (χ3n) is 7.17. The van der Waals surface area contributed by atoms with E-state index in [0.717, 1.165) is 19.4 Å². The summed E-state index contributed by atoms with van der Waals surface area (Å²) >= 11 is 1.27. The molecule has 0 saturated carbocycles. The molecule has 1 aliphatic heterocycles. The smallest absolute Gasteiger partial charge is 0.240 e. The van der Waals surface area contributed by atoms with Gasteiger partial charge in [-0.25, -0.2) is 9.37 Å². The molecule has 168 valence electrons. The van der Waals surface area contributed by atoms with Gasteiger partial charge in [0.2, 0.25) is 5.91 Å². The van der Waals surface area contributed by atoms with Crippen LogP contribution in [0.3, 0.4) is 0 Å². The number of hydrogen-bond donors (Lipinski definition) is 2. The molecule has 2 heterocycles. The van der Waals surface area contributed by atoms with Crippen LogP contribution in [-0.2, 0) is 16.6 Å². The number of rotatable bonds is 4. The first kappa shape index (κ1) is 21.3. The molecule has 3 atom stereocenters. The number of likely N-dealkylation sites (N-methyl/N-ethyl adjacent to an activating group) is 2. The number of phenolic OH excluding ortho intramolecular Hbond substituents is 1. The molecule has 0 spiro atoms. The van der Waals surface area contributed by atoms with Crippen molar-refractivity contribution in [3.8, 4) is 5.75 Å². The fraction of sp³-hybridized carbons (Fsp3) is 0.417. The van der Waals surface area contributed by atoms with Gasteiger partial charge in [0.1, 0.15) is 11.6 Å². The van der Waals surface area contributed by atoms with E-state index in [0.29, 0.717) is 15.3 Å². The largest absolute Gasteiger partial charge is 0.508 e.